The van der Waals surface area contributed by atoms with Gasteiger partial charge < -0.3 is 9.29 Å². The van der Waals surface area contributed by atoms with Gasteiger partial charge in [0, 0.05) is 11.3 Å². The number of carbonyl (C=O) groups is 1. The summed E-state index contributed by atoms with van der Waals surface area (Å²) in [6.45, 7) is 5.11. The fourth-order valence-electron chi connectivity index (χ4n) is 0.434. The summed E-state index contributed by atoms with van der Waals surface area (Å²) in [7, 11) is 0. The Morgan fingerprint density at radius 1 is 1.73 bits per heavy atom. The molecule has 0 heterocycles. The third kappa shape index (κ3) is 4.69. The van der Waals surface area contributed by atoms with Gasteiger partial charge in [-0.3, -0.25) is 4.21 Å². The summed E-state index contributed by atoms with van der Waals surface area (Å²) in [5, 5.41) is 0. The summed E-state index contributed by atoms with van der Waals surface area (Å²) < 4.78 is 24.6. The van der Waals surface area contributed by atoms with Crippen molar-refractivity contribution in [3.63, 3.8) is 0 Å². The topological polar surface area (TPSA) is 66.4 Å². The van der Waals surface area contributed by atoms with Gasteiger partial charge in [0.2, 0.25) is 0 Å². The van der Waals surface area contributed by atoms with Gasteiger partial charge in [0.15, 0.2) is 0 Å². The highest BCUT2D eigenvalue weighted by Crippen LogP contribution is 1.95. The molecule has 0 fully saturated rings. The number of hydrogen-bond acceptors (Lipinski definition) is 4. The van der Waals surface area contributed by atoms with Crippen molar-refractivity contribution in [2.24, 2.45) is 0 Å². The molecule has 0 aromatic heterocycles. The lowest BCUT2D eigenvalue weighted by molar-refractivity contribution is -0.138. The van der Waals surface area contributed by atoms with Gasteiger partial charge in [-0.15, -0.1) is 0 Å². The van der Waals surface area contributed by atoms with Gasteiger partial charge in [-0.1, -0.05) is 17.7 Å². The van der Waals surface area contributed by atoms with E-state index in [-0.39, 0.29) is 17.9 Å². The van der Waals surface area contributed by atoms with E-state index in [0.717, 1.165) is 0 Å². The molecular formula is C6H9O4S-. The molecule has 64 valence electrons. The maximum atomic E-state index is 10.7. The van der Waals surface area contributed by atoms with E-state index in [1.165, 1.54) is 0 Å². The van der Waals surface area contributed by atoms with Crippen LogP contribution < -0.4 is 0 Å². The maximum absolute atomic E-state index is 10.7. The molecule has 0 N–H and O–H groups in total. The Hall–Kier alpha value is -0.680. The highest BCUT2D eigenvalue weighted by atomic mass is 32.2. The highest BCUT2D eigenvalue weighted by molar-refractivity contribution is 7.79. The molecule has 5 heteroatoms. The molecule has 1 atom stereocenters. The van der Waals surface area contributed by atoms with Gasteiger partial charge in [-0.25, -0.2) is 4.79 Å². The van der Waals surface area contributed by atoms with Gasteiger partial charge >= 0.3 is 5.97 Å². The number of carbonyl (C=O) groups excluding carboxylic acids is 1. The van der Waals surface area contributed by atoms with E-state index < -0.39 is 17.0 Å². The lowest BCUT2D eigenvalue weighted by atomic mass is 10.4. The van der Waals surface area contributed by atoms with E-state index in [9.17, 15) is 13.6 Å². The summed E-state index contributed by atoms with van der Waals surface area (Å²) in [6, 6.07) is 0. The molecule has 0 rings (SSSR count). The smallest absolute Gasteiger partial charge is 0.334 e. The Morgan fingerprint density at radius 2 is 2.27 bits per heavy atom. The average molecular weight is 177 g/mol. The van der Waals surface area contributed by atoms with Crippen LogP contribution in [0, 0.1) is 0 Å². The standard InChI is InChI=1S/C6H10O4S/c1-3-10-6(7)5(2)4-11(8)9/h2-4H2,1H3,(H,8,9)/p-1. The Balaban J connectivity index is 3.83. The Morgan fingerprint density at radius 3 is 2.64 bits per heavy atom. The van der Waals surface area contributed by atoms with Crippen LogP contribution in [-0.4, -0.2) is 27.1 Å². The Labute approximate surface area is 67.5 Å². The molecule has 0 radical (unpaired) electrons. The molecule has 0 aliphatic heterocycles. The molecule has 0 saturated carbocycles. The van der Waals surface area contributed by atoms with E-state index in [2.05, 4.69) is 11.3 Å². The van der Waals surface area contributed by atoms with Crippen LogP contribution in [0.5, 0.6) is 0 Å². The van der Waals surface area contributed by atoms with E-state index in [1.54, 1.807) is 6.92 Å². The zero-order valence-electron chi connectivity index (χ0n) is 6.16. The van der Waals surface area contributed by atoms with Crippen molar-refractivity contribution in [3.8, 4) is 0 Å². The first-order valence-corrected chi connectivity index (χ1v) is 4.23. The lowest BCUT2D eigenvalue weighted by Crippen LogP contribution is -2.12. The predicted molar refractivity (Wildman–Crippen MR) is 39.6 cm³/mol. The zero-order valence-corrected chi connectivity index (χ0v) is 6.98. The molecule has 1 unspecified atom stereocenters. The third-order valence-corrected chi connectivity index (χ3v) is 1.44. The largest absolute Gasteiger partial charge is 0.772 e. The summed E-state index contributed by atoms with van der Waals surface area (Å²) in [6.07, 6.45) is 0. The average Bonchev–Trinajstić information content (AvgIpc) is 1.86. The zero-order chi connectivity index (χ0) is 8.85. The minimum absolute atomic E-state index is 0.0415. The van der Waals surface area contributed by atoms with E-state index in [0.29, 0.717) is 0 Å². The molecule has 11 heavy (non-hydrogen) atoms. The predicted octanol–water partition coefficient (Wildman–Crippen LogP) is -0.0152. The summed E-state index contributed by atoms with van der Waals surface area (Å²) in [5.41, 5.74) is -0.0415. The van der Waals surface area contributed by atoms with E-state index >= 15 is 0 Å². The Kier molecular flexibility index (Phi) is 4.72. The third-order valence-electron chi connectivity index (χ3n) is 0.856. The van der Waals surface area contributed by atoms with Crippen LogP contribution in [0.2, 0.25) is 0 Å². The fourth-order valence-corrected chi connectivity index (χ4v) is 0.837. The number of rotatable bonds is 4. The van der Waals surface area contributed by atoms with Crippen molar-refractivity contribution in [3.05, 3.63) is 12.2 Å². The molecule has 0 saturated heterocycles. The van der Waals surface area contributed by atoms with Crippen molar-refractivity contribution in [2.75, 3.05) is 12.4 Å². The minimum atomic E-state index is -2.27. The van der Waals surface area contributed by atoms with Gasteiger partial charge in [-0.05, 0) is 6.92 Å². The molecule has 0 amide bonds. The van der Waals surface area contributed by atoms with Crippen molar-refractivity contribution in [1.82, 2.24) is 0 Å². The molecular weight excluding hydrogens is 168 g/mol. The second kappa shape index (κ2) is 5.03. The summed E-state index contributed by atoms with van der Waals surface area (Å²) in [4.78, 5) is 10.7. The second-order valence-electron chi connectivity index (χ2n) is 1.77. The molecule has 0 aromatic rings. The SMILES string of the molecule is C=C(CS(=O)[O-])C(=O)OCC. The minimum Gasteiger partial charge on any atom is -0.772 e. The van der Waals surface area contributed by atoms with Crippen molar-refractivity contribution < 1.29 is 18.3 Å². The highest BCUT2D eigenvalue weighted by Gasteiger charge is 2.06. The quantitative estimate of drug-likeness (QED) is 0.344. The van der Waals surface area contributed by atoms with Crippen LogP contribution in [-0.2, 0) is 20.6 Å². The first kappa shape index (κ1) is 10.3. The van der Waals surface area contributed by atoms with Crippen LogP contribution in [0.4, 0.5) is 0 Å². The van der Waals surface area contributed by atoms with E-state index in [1.807, 2.05) is 0 Å². The van der Waals surface area contributed by atoms with Crippen LogP contribution in [0.3, 0.4) is 0 Å². The molecule has 0 aliphatic carbocycles. The van der Waals surface area contributed by atoms with Crippen LogP contribution in [0.25, 0.3) is 0 Å². The van der Waals surface area contributed by atoms with E-state index in [4.69, 9.17) is 0 Å². The maximum Gasteiger partial charge on any atom is 0.334 e. The van der Waals surface area contributed by atoms with Crippen LogP contribution in [0.15, 0.2) is 12.2 Å². The molecule has 0 aliphatic rings. The molecule has 0 spiro atoms. The van der Waals surface area contributed by atoms with Crippen molar-refractivity contribution >= 4 is 17.0 Å². The van der Waals surface area contributed by atoms with Gasteiger partial charge in [0.05, 0.1) is 6.61 Å². The van der Waals surface area contributed by atoms with Crippen LogP contribution >= 0.6 is 0 Å². The molecule has 4 nitrogen and oxygen atoms in total. The summed E-state index contributed by atoms with van der Waals surface area (Å²) >= 11 is -2.27. The van der Waals surface area contributed by atoms with Crippen LogP contribution in [0.1, 0.15) is 6.92 Å². The Bertz CT molecular complexity index is 187. The van der Waals surface area contributed by atoms with Gasteiger partial charge in [-0.2, -0.15) is 0 Å². The van der Waals surface area contributed by atoms with Crippen molar-refractivity contribution in [2.45, 2.75) is 6.92 Å². The first-order valence-electron chi connectivity index (χ1n) is 2.98. The molecule has 0 bridgehead atoms. The first-order chi connectivity index (χ1) is 5.07. The fraction of sp³-hybridized carbons (Fsp3) is 0.500. The normalized spacial score (nSPS) is 12.2. The summed E-state index contributed by atoms with van der Waals surface area (Å²) in [5.74, 6) is -1.02. The van der Waals surface area contributed by atoms with Crippen molar-refractivity contribution in [1.29, 1.82) is 0 Å². The lowest BCUT2D eigenvalue weighted by Gasteiger charge is -2.06. The second-order valence-corrected chi connectivity index (χ2v) is 2.67. The number of hydrogen-bond donors (Lipinski definition) is 0. The van der Waals surface area contributed by atoms with Gasteiger partial charge in [0.1, 0.15) is 0 Å². The number of ether oxygens (including phenoxy) is 1. The van der Waals surface area contributed by atoms with Gasteiger partial charge in [0.25, 0.3) is 0 Å². The monoisotopic (exact) mass is 177 g/mol. The number of esters is 1. The molecule has 0 aromatic carbocycles.